The van der Waals surface area contributed by atoms with Crippen molar-refractivity contribution in [3.8, 4) is 0 Å². The highest BCUT2D eigenvalue weighted by molar-refractivity contribution is 5.88. The summed E-state index contributed by atoms with van der Waals surface area (Å²) in [7, 11) is 0. The topological polar surface area (TPSA) is 321 Å². The first-order valence-electron chi connectivity index (χ1n) is 24.3. The molecule has 8 N–H and O–H groups in total. The van der Waals surface area contributed by atoms with E-state index < -0.39 is 40.5 Å². The third kappa shape index (κ3) is 25.0. The van der Waals surface area contributed by atoms with E-state index in [4.69, 9.17) is 5.11 Å². The molecule has 0 spiro atoms. The van der Waals surface area contributed by atoms with Crippen molar-refractivity contribution < 1.29 is 64.3 Å². The van der Waals surface area contributed by atoms with E-state index in [2.05, 4.69) is 16.0 Å². The van der Waals surface area contributed by atoms with Crippen LogP contribution in [-0.4, -0.2) is 133 Å². The van der Waals surface area contributed by atoms with E-state index in [0.717, 1.165) is 18.4 Å². The summed E-state index contributed by atoms with van der Waals surface area (Å²) >= 11 is 0. The van der Waals surface area contributed by atoms with Crippen LogP contribution in [0.15, 0.2) is 33.9 Å². The highest BCUT2D eigenvalue weighted by Gasteiger charge is 2.21. The summed E-state index contributed by atoms with van der Waals surface area (Å²) < 4.78 is 0. The summed E-state index contributed by atoms with van der Waals surface area (Å²) in [4.78, 5) is 119. The first kappa shape index (κ1) is 60.0. The molecule has 0 aliphatic rings. The average molecular weight is 988 g/mol. The molecule has 0 bridgehead atoms. The fourth-order valence-electron chi connectivity index (χ4n) is 7.10. The number of benzene rings is 1. The molecule has 2 aromatic rings. The summed E-state index contributed by atoms with van der Waals surface area (Å²) in [5.74, 6) is -3.75. The predicted octanol–water partition coefficient (Wildman–Crippen LogP) is 4.73. The van der Waals surface area contributed by atoms with E-state index in [1.165, 1.54) is 19.1 Å². The SMILES string of the molecule is CC(=O)N(O)CCCCCCC(=O)CCC(=O)N(O)CCCCCNC(=O)CCC(=O)N(O)CCCCCCC(=O)CCC(=O)N(O)CCCCCNc1c(NCc2ccc(C(=O)O)cc2)c(=O)c1=O. The highest BCUT2D eigenvalue weighted by Crippen LogP contribution is 2.17. The van der Waals surface area contributed by atoms with Gasteiger partial charge in [-0.3, -0.25) is 64.0 Å². The number of carbonyl (C=O) groups is 8. The van der Waals surface area contributed by atoms with Gasteiger partial charge in [0.05, 0.1) is 5.56 Å². The molecule has 5 amide bonds. The van der Waals surface area contributed by atoms with Crippen LogP contribution in [0.1, 0.15) is 164 Å². The Labute approximate surface area is 407 Å². The number of carboxylic acid groups (broad SMARTS) is 1. The van der Waals surface area contributed by atoms with E-state index >= 15 is 0 Å². The van der Waals surface area contributed by atoms with E-state index in [-0.39, 0.29) is 112 Å². The predicted molar refractivity (Wildman–Crippen MR) is 255 cm³/mol. The van der Waals surface area contributed by atoms with Crippen LogP contribution in [0.3, 0.4) is 0 Å². The van der Waals surface area contributed by atoms with Crippen molar-refractivity contribution in [3.05, 3.63) is 55.8 Å². The van der Waals surface area contributed by atoms with Gasteiger partial charge in [-0.2, -0.15) is 0 Å². The van der Waals surface area contributed by atoms with Crippen LogP contribution >= 0.6 is 0 Å². The van der Waals surface area contributed by atoms with Crippen molar-refractivity contribution in [2.75, 3.05) is 49.9 Å². The quantitative estimate of drug-likeness (QED) is 0.0194. The Hall–Kier alpha value is -6.10. The number of unbranched alkanes of at least 4 members (excludes halogenated alkanes) is 10. The van der Waals surface area contributed by atoms with Crippen molar-refractivity contribution >= 4 is 58.4 Å². The number of nitrogens with zero attached hydrogens (tertiary/aromatic N) is 4. The number of aromatic carboxylic acids is 1. The fourth-order valence-corrected chi connectivity index (χ4v) is 7.10. The molecular formula is C48H73N7O15. The first-order chi connectivity index (χ1) is 33.4. The number of hydroxylamine groups is 8. The van der Waals surface area contributed by atoms with Gasteiger partial charge in [0.1, 0.15) is 22.9 Å². The Bertz CT molecular complexity index is 2060. The summed E-state index contributed by atoms with van der Waals surface area (Å²) in [5, 5.41) is 59.5. The van der Waals surface area contributed by atoms with Gasteiger partial charge in [-0.05, 0) is 81.9 Å². The third-order valence-corrected chi connectivity index (χ3v) is 11.5. The lowest BCUT2D eigenvalue weighted by Gasteiger charge is -2.16. The zero-order valence-electron chi connectivity index (χ0n) is 40.4. The Balaban J connectivity index is 1.42. The number of hydrogen-bond acceptors (Lipinski definition) is 16. The number of amides is 5. The second-order valence-corrected chi connectivity index (χ2v) is 17.3. The van der Waals surface area contributed by atoms with E-state index in [9.17, 15) is 68.8 Å². The molecule has 0 fully saturated rings. The number of ketones is 2. The van der Waals surface area contributed by atoms with Crippen LogP contribution in [0, 0.1) is 0 Å². The number of carboxylic acids is 1. The molecule has 2 rings (SSSR count). The Morgan fingerprint density at radius 2 is 0.857 bits per heavy atom. The van der Waals surface area contributed by atoms with E-state index in [1.54, 1.807) is 12.1 Å². The summed E-state index contributed by atoms with van der Waals surface area (Å²) in [6.45, 7) is 2.65. The standard InChI is InChI=1S/C48H73N7O15/c1-35(56)52(67)30-12-4-2-8-16-38(57)22-25-41(60)53(68)32-14-6-10-28-49-40(59)24-27-43(62)55(70)31-13-5-3-9-17-39(58)23-26-42(61)54(69)33-15-7-11-29-50-44-45(47(64)46(44)63)51-34-36-18-20-37(21-19-36)48(65)66/h18-21,50-51,67-70H,2-17,22-34H2,1H3,(H,49,59)(H,65,66). The van der Waals surface area contributed by atoms with E-state index in [0.29, 0.717) is 117 Å². The minimum atomic E-state index is -1.05. The number of Topliss-reactive ketones (excluding diaryl/α,β-unsaturated/α-hetero) is 2. The first-order valence-corrected chi connectivity index (χ1v) is 24.3. The molecule has 0 unspecified atom stereocenters. The maximum atomic E-state index is 12.3. The smallest absolute Gasteiger partial charge is 0.335 e. The molecule has 0 atom stereocenters. The van der Waals surface area contributed by atoms with Gasteiger partial charge >= 0.3 is 5.97 Å². The van der Waals surface area contributed by atoms with Crippen molar-refractivity contribution in [1.82, 2.24) is 25.6 Å². The number of carbonyl (C=O) groups excluding carboxylic acids is 7. The van der Waals surface area contributed by atoms with Gasteiger partial charge in [-0.25, -0.2) is 25.0 Å². The van der Waals surface area contributed by atoms with Crippen LogP contribution in [0.4, 0.5) is 11.4 Å². The number of anilines is 2. The Morgan fingerprint density at radius 3 is 1.31 bits per heavy atom. The molecule has 22 nitrogen and oxygen atoms in total. The molecule has 70 heavy (non-hydrogen) atoms. The molecule has 0 radical (unpaired) electrons. The molecule has 22 heteroatoms. The molecule has 390 valence electrons. The lowest BCUT2D eigenvalue weighted by atomic mass is 10.1. The lowest BCUT2D eigenvalue weighted by Crippen LogP contribution is -2.37. The van der Waals surface area contributed by atoms with Gasteiger partial charge in [-0.15, -0.1) is 0 Å². The van der Waals surface area contributed by atoms with Gasteiger partial charge in [0.15, 0.2) is 0 Å². The van der Waals surface area contributed by atoms with Gasteiger partial charge in [0.2, 0.25) is 29.5 Å². The van der Waals surface area contributed by atoms with Crippen LogP contribution in [0.5, 0.6) is 0 Å². The summed E-state index contributed by atoms with van der Waals surface area (Å²) in [6.07, 6.45) is 8.44. The van der Waals surface area contributed by atoms with Crippen LogP contribution in [0.25, 0.3) is 0 Å². The largest absolute Gasteiger partial charge is 0.478 e. The molecular weight excluding hydrogens is 915 g/mol. The lowest BCUT2D eigenvalue weighted by molar-refractivity contribution is -0.166. The van der Waals surface area contributed by atoms with Crippen molar-refractivity contribution in [2.45, 2.75) is 155 Å². The van der Waals surface area contributed by atoms with Gasteiger partial charge in [0.25, 0.3) is 10.9 Å². The second kappa shape index (κ2) is 34.2. The van der Waals surface area contributed by atoms with Crippen molar-refractivity contribution in [2.24, 2.45) is 0 Å². The van der Waals surface area contributed by atoms with Crippen molar-refractivity contribution in [1.29, 1.82) is 0 Å². The maximum absolute atomic E-state index is 12.3. The van der Waals surface area contributed by atoms with Gasteiger partial charge < -0.3 is 21.1 Å². The second-order valence-electron chi connectivity index (χ2n) is 17.3. The molecule has 0 saturated heterocycles. The minimum Gasteiger partial charge on any atom is -0.478 e. The van der Waals surface area contributed by atoms with E-state index in [1.807, 2.05) is 0 Å². The minimum absolute atomic E-state index is 0.0169. The highest BCUT2D eigenvalue weighted by atomic mass is 16.5. The molecule has 2 aromatic carbocycles. The molecule has 0 aromatic heterocycles. The van der Waals surface area contributed by atoms with Crippen molar-refractivity contribution in [3.63, 3.8) is 0 Å². The average Bonchev–Trinajstić information content (AvgIpc) is 3.34. The Morgan fingerprint density at radius 1 is 0.457 bits per heavy atom. The van der Waals surface area contributed by atoms with Crippen LogP contribution in [-0.2, 0) is 40.1 Å². The Kier molecular flexibility index (Phi) is 29.4. The number of hydrogen-bond donors (Lipinski definition) is 8. The molecule has 0 saturated carbocycles. The summed E-state index contributed by atoms with van der Waals surface area (Å²) in [6, 6.07) is 6.11. The third-order valence-electron chi connectivity index (χ3n) is 11.5. The van der Waals surface area contributed by atoms with Crippen LogP contribution < -0.4 is 26.8 Å². The molecule has 0 heterocycles. The zero-order valence-corrected chi connectivity index (χ0v) is 40.4. The molecule has 0 aliphatic carbocycles. The summed E-state index contributed by atoms with van der Waals surface area (Å²) in [5.41, 5.74) is -0.0746. The monoisotopic (exact) mass is 988 g/mol. The number of nitrogens with one attached hydrogen (secondary N) is 3. The maximum Gasteiger partial charge on any atom is 0.335 e. The van der Waals surface area contributed by atoms with Gasteiger partial charge in [-0.1, -0.05) is 37.8 Å². The van der Waals surface area contributed by atoms with Crippen LogP contribution in [0.2, 0.25) is 0 Å². The fraction of sp³-hybridized carbons (Fsp3) is 0.625. The molecule has 0 aliphatic heterocycles. The normalized spacial score (nSPS) is 10.9. The van der Waals surface area contributed by atoms with Gasteiger partial charge in [0, 0.05) is 104 Å². The zero-order chi connectivity index (χ0) is 51.8. The number of rotatable bonds is 40.